The van der Waals surface area contributed by atoms with Crippen molar-refractivity contribution in [3.05, 3.63) is 36.0 Å². The summed E-state index contributed by atoms with van der Waals surface area (Å²) in [6.45, 7) is 7.27. The summed E-state index contributed by atoms with van der Waals surface area (Å²) < 4.78 is 5.39. The van der Waals surface area contributed by atoms with E-state index in [9.17, 15) is 5.11 Å². The van der Waals surface area contributed by atoms with Gasteiger partial charge >= 0.3 is 0 Å². The van der Waals surface area contributed by atoms with E-state index in [2.05, 4.69) is 37.6 Å². The molecule has 0 bridgehead atoms. The lowest BCUT2D eigenvalue weighted by molar-refractivity contribution is 0.122. The van der Waals surface area contributed by atoms with Gasteiger partial charge in [-0.05, 0) is 38.1 Å². The molecule has 1 unspecified atom stereocenters. The molecule has 1 aromatic carbocycles. The molecule has 25 heavy (non-hydrogen) atoms. The van der Waals surface area contributed by atoms with Gasteiger partial charge < -0.3 is 25.4 Å². The van der Waals surface area contributed by atoms with Gasteiger partial charge in [0, 0.05) is 42.3 Å². The maximum atomic E-state index is 9.17. The number of nitrogens with one attached hydrogen (secondary N) is 2. The molecule has 0 radical (unpaired) electrons. The lowest BCUT2D eigenvalue weighted by atomic mass is 10.2. The first kappa shape index (κ1) is 17.4. The maximum absolute atomic E-state index is 9.17. The van der Waals surface area contributed by atoms with Crippen molar-refractivity contribution in [2.45, 2.75) is 19.9 Å². The highest BCUT2D eigenvalue weighted by atomic mass is 16.5. The molecule has 1 aliphatic rings. The molecule has 1 atom stereocenters. The summed E-state index contributed by atoms with van der Waals surface area (Å²) in [6.07, 6.45) is 0. The minimum atomic E-state index is -0.0602. The van der Waals surface area contributed by atoms with E-state index in [1.807, 2.05) is 32.0 Å². The van der Waals surface area contributed by atoms with E-state index < -0.39 is 0 Å². The highest BCUT2D eigenvalue weighted by molar-refractivity contribution is 5.60. The average Bonchev–Trinajstić information content (AvgIpc) is 2.62. The van der Waals surface area contributed by atoms with Gasteiger partial charge in [0.15, 0.2) is 0 Å². The third kappa shape index (κ3) is 4.80. The number of aliphatic hydroxyl groups is 1. The van der Waals surface area contributed by atoms with E-state index in [1.165, 1.54) is 5.69 Å². The van der Waals surface area contributed by atoms with Crippen LogP contribution in [0.1, 0.15) is 12.6 Å². The third-order valence-electron chi connectivity index (χ3n) is 4.02. The van der Waals surface area contributed by atoms with E-state index in [0.717, 1.165) is 37.7 Å². The van der Waals surface area contributed by atoms with Gasteiger partial charge in [0.05, 0.1) is 19.8 Å². The fourth-order valence-corrected chi connectivity index (χ4v) is 2.70. The Hall–Kier alpha value is -2.38. The highest BCUT2D eigenvalue weighted by Crippen LogP contribution is 2.21. The Morgan fingerprint density at radius 2 is 1.92 bits per heavy atom. The average molecular weight is 343 g/mol. The molecular formula is C18H25N5O2. The zero-order chi connectivity index (χ0) is 17.6. The molecule has 134 valence electrons. The Balaban J connectivity index is 1.69. The van der Waals surface area contributed by atoms with Gasteiger partial charge in [-0.3, -0.25) is 0 Å². The molecule has 0 amide bonds. The van der Waals surface area contributed by atoms with Crippen LogP contribution in [0.4, 0.5) is 23.1 Å². The molecule has 1 fully saturated rings. The number of benzene rings is 1. The quantitative estimate of drug-likeness (QED) is 0.741. The fraction of sp³-hybridized carbons (Fsp3) is 0.444. The van der Waals surface area contributed by atoms with Crippen LogP contribution in [0.5, 0.6) is 0 Å². The molecule has 3 rings (SSSR count). The monoisotopic (exact) mass is 343 g/mol. The van der Waals surface area contributed by atoms with Crippen molar-refractivity contribution in [3.8, 4) is 0 Å². The van der Waals surface area contributed by atoms with E-state index in [0.29, 0.717) is 11.8 Å². The van der Waals surface area contributed by atoms with Crippen molar-refractivity contribution in [3.63, 3.8) is 0 Å². The maximum Gasteiger partial charge on any atom is 0.229 e. The van der Waals surface area contributed by atoms with E-state index in [1.54, 1.807) is 0 Å². The van der Waals surface area contributed by atoms with Crippen LogP contribution in [0.25, 0.3) is 0 Å². The summed E-state index contributed by atoms with van der Waals surface area (Å²) in [7, 11) is 0. The van der Waals surface area contributed by atoms with Crippen molar-refractivity contribution < 1.29 is 9.84 Å². The molecule has 1 aromatic heterocycles. The van der Waals surface area contributed by atoms with Gasteiger partial charge in [0.25, 0.3) is 0 Å². The van der Waals surface area contributed by atoms with E-state index in [-0.39, 0.29) is 12.6 Å². The molecule has 1 saturated heterocycles. The summed E-state index contributed by atoms with van der Waals surface area (Å²) in [4.78, 5) is 11.2. The van der Waals surface area contributed by atoms with Gasteiger partial charge in [-0.25, -0.2) is 4.98 Å². The summed E-state index contributed by atoms with van der Waals surface area (Å²) >= 11 is 0. The molecule has 0 aliphatic carbocycles. The fourth-order valence-electron chi connectivity index (χ4n) is 2.70. The Labute approximate surface area is 148 Å². The molecule has 0 saturated carbocycles. The molecule has 2 heterocycles. The second kappa shape index (κ2) is 8.13. The normalized spacial score (nSPS) is 15.7. The van der Waals surface area contributed by atoms with Gasteiger partial charge in [0.1, 0.15) is 5.82 Å². The summed E-state index contributed by atoms with van der Waals surface area (Å²) in [6, 6.07) is 10.0. The minimum Gasteiger partial charge on any atom is -0.394 e. The van der Waals surface area contributed by atoms with Crippen LogP contribution in [-0.4, -0.2) is 54.0 Å². The number of aliphatic hydroxyl groups excluding tert-OH is 1. The molecule has 3 N–H and O–H groups in total. The van der Waals surface area contributed by atoms with Gasteiger partial charge in [-0.1, -0.05) is 0 Å². The molecule has 0 spiro atoms. The highest BCUT2D eigenvalue weighted by Gasteiger charge is 2.11. The Kier molecular flexibility index (Phi) is 5.67. The molecule has 2 aromatic rings. The van der Waals surface area contributed by atoms with Crippen LogP contribution in [0.3, 0.4) is 0 Å². The second-order valence-electron chi connectivity index (χ2n) is 6.22. The number of aromatic nitrogens is 2. The molecule has 7 nitrogen and oxygen atoms in total. The number of aryl methyl sites for hydroxylation is 1. The number of ether oxygens (including phenoxy) is 1. The van der Waals surface area contributed by atoms with Crippen LogP contribution in [0.15, 0.2) is 30.3 Å². The third-order valence-corrected chi connectivity index (χ3v) is 4.02. The van der Waals surface area contributed by atoms with E-state index >= 15 is 0 Å². The van der Waals surface area contributed by atoms with Crippen LogP contribution < -0.4 is 15.5 Å². The lowest BCUT2D eigenvalue weighted by Gasteiger charge is -2.28. The Bertz CT molecular complexity index is 686. The summed E-state index contributed by atoms with van der Waals surface area (Å²) in [5.74, 6) is 1.23. The van der Waals surface area contributed by atoms with Crippen molar-refractivity contribution in [1.82, 2.24) is 9.97 Å². The SMILES string of the molecule is Cc1cc(NC(C)CO)nc(Nc2ccc(N3CCOCC3)cc2)n1. The van der Waals surface area contributed by atoms with Gasteiger partial charge in [-0.2, -0.15) is 4.98 Å². The number of nitrogens with zero attached hydrogens (tertiary/aromatic N) is 3. The molecule has 1 aliphatic heterocycles. The van der Waals surface area contributed by atoms with Crippen LogP contribution in [-0.2, 0) is 4.74 Å². The predicted molar refractivity (Wildman–Crippen MR) is 99.7 cm³/mol. The second-order valence-corrected chi connectivity index (χ2v) is 6.22. The topological polar surface area (TPSA) is 82.5 Å². The molecule has 7 heteroatoms. The van der Waals surface area contributed by atoms with Crippen molar-refractivity contribution >= 4 is 23.1 Å². The number of rotatable bonds is 6. The summed E-state index contributed by atoms with van der Waals surface area (Å²) in [5, 5.41) is 15.6. The van der Waals surface area contributed by atoms with Crippen LogP contribution in [0.2, 0.25) is 0 Å². The first-order valence-corrected chi connectivity index (χ1v) is 8.57. The zero-order valence-electron chi connectivity index (χ0n) is 14.7. The van der Waals surface area contributed by atoms with Gasteiger partial charge in [-0.15, -0.1) is 0 Å². The first-order valence-electron chi connectivity index (χ1n) is 8.57. The van der Waals surface area contributed by atoms with E-state index in [4.69, 9.17) is 4.74 Å². The zero-order valence-corrected chi connectivity index (χ0v) is 14.7. The number of hydrogen-bond acceptors (Lipinski definition) is 7. The van der Waals surface area contributed by atoms with Gasteiger partial charge in [0.2, 0.25) is 5.95 Å². The molecular weight excluding hydrogens is 318 g/mol. The Morgan fingerprint density at radius 1 is 1.20 bits per heavy atom. The standard InChI is InChI=1S/C18H25N5O2/c1-13-11-17(19-14(2)12-24)22-18(20-13)21-15-3-5-16(6-4-15)23-7-9-25-10-8-23/h3-6,11,14,24H,7-10,12H2,1-2H3,(H2,19,20,21,22). The smallest absolute Gasteiger partial charge is 0.229 e. The number of morpholine rings is 1. The van der Waals surface area contributed by atoms with Crippen molar-refractivity contribution in [1.29, 1.82) is 0 Å². The Morgan fingerprint density at radius 3 is 2.60 bits per heavy atom. The van der Waals surface area contributed by atoms with Crippen molar-refractivity contribution in [2.75, 3.05) is 48.4 Å². The predicted octanol–water partition coefficient (Wildman–Crippen LogP) is 2.16. The van der Waals surface area contributed by atoms with Crippen LogP contribution >= 0.6 is 0 Å². The largest absolute Gasteiger partial charge is 0.394 e. The summed E-state index contributed by atoms with van der Waals surface area (Å²) in [5.41, 5.74) is 2.98. The van der Waals surface area contributed by atoms with Crippen molar-refractivity contribution in [2.24, 2.45) is 0 Å². The minimum absolute atomic E-state index is 0.0504. The number of hydrogen-bond donors (Lipinski definition) is 3. The lowest BCUT2D eigenvalue weighted by Crippen LogP contribution is -2.36. The first-order chi connectivity index (χ1) is 12.1. The van der Waals surface area contributed by atoms with Crippen LogP contribution in [0, 0.1) is 6.92 Å². The number of anilines is 4.